The fourth-order valence-electron chi connectivity index (χ4n) is 0.776. The summed E-state index contributed by atoms with van der Waals surface area (Å²) in [5.74, 6) is 0. The van der Waals surface area contributed by atoms with E-state index in [0.717, 1.165) is 9.94 Å². The Morgan fingerprint density at radius 2 is 2.09 bits per heavy atom. The molecule has 0 spiro atoms. The summed E-state index contributed by atoms with van der Waals surface area (Å²) in [5, 5.41) is 0.915. The van der Waals surface area contributed by atoms with Gasteiger partial charge in [0, 0.05) is 10.4 Å². The third kappa shape index (κ3) is 1.94. The molecule has 0 aromatic carbocycles. The highest BCUT2D eigenvalue weighted by Gasteiger charge is 2.16. The summed E-state index contributed by atoms with van der Waals surface area (Å²) in [6.07, 6.45) is 0. The molecule has 0 fully saturated rings. The molecule has 0 radical (unpaired) electrons. The quantitative estimate of drug-likeness (QED) is 0.738. The maximum absolute atomic E-state index is 5.88. The van der Waals surface area contributed by atoms with E-state index in [1.807, 2.05) is 26.0 Å². The highest BCUT2D eigenvalue weighted by atomic mass is 32.1. The molecule has 11 heavy (non-hydrogen) atoms. The number of thiophene rings is 1. The van der Waals surface area contributed by atoms with Crippen molar-refractivity contribution in [3.05, 3.63) is 17.0 Å². The van der Waals surface area contributed by atoms with Crippen molar-refractivity contribution in [2.45, 2.75) is 19.4 Å². The first-order valence-corrected chi connectivity index (χ1v) is 4.29. The summed E-state index contributed by atoms with van der Waals surface area (Å²) in [6.45, 7) is 3.97. The van der Waals surface area contributed by atoms with Crippen LogP contribution in [0.2, 0.25) is 0 Å². The Morgan fingerprint density at radius 1 is 1.45 bits per heavy atom. The van der Waals surface area contributed by atoms with Gasteiger partial charge < -0.3 is 10.5 Å². The second-order valence-corrected chi connectivity index (χ2v) is 4.09. The maximum atomic E-state index is 5.88. The molecule has 2 nitrogen and oxygen atoms in total. The van der Waals surface area contributed by atoms with Crippen LogP contribution in [0.4, 0.5) is 0 Å². The smallest absolute Gasteiger partial charge is 0.173 e. The van der Waals surface area contributed by atoms with E-state index in [1.165, 1.54) is 0 Å². The molecule has 1 aromatic heterocycles. The molecule has 0 aliphatic carbocycles. The van der Waals surface area contributed by atoms with Crippen LogP contribution >= 0.6 is 11.3 Å². The van der Waals surface area contributed by atoms with Gasteiger partial charge in [-0.05, 0) is 26.0 Å². The molecule has 0 bridgehead atoms. The lowest BCUT2D eigenvalue weighted by Gasteiger charge is -2.15. The third-order valence-electron chi connectivity index (χ3n) is 1.42. The lowest BCUT2D eigenvalue weighted by molar-refractivity contribution is 0.427. The Bertz CT molecular complexity index is 236. The molecule has 0 aliphatic heterocycles. The molecule has 62 valence electrons. The van der Waals surface area contributed by atoms with E-state index in [9.17, 15) is 0 Å². The second-order valence-electron chi connectivity index (χ2n) is 3.04. The molecule has 0 atom stereocenters. The van der Waals surface area contributed by atoms with Crippen molar-refractivity contribution < 1.29 is 4.74 Å². The van der Waals surface area contributed by atoms with Crippen LogP contribution in [0.25, 0.3) is 0 Å². The van der Waals surface area contributed by atoms with E-state index in [2.05, 4.69) is 0 Å². The molecule has 1 heterocycles. The summed E-state index contributed by atoms with van der Waals surface area (Å²) in [5.41, 5.74) is 5.63. The first-order valence-electron chi connectivity index (χ1n) is 3.47. The van der Waals surface area contributed by atoms with Crippen LogP contribution in [0, 0.1) is 0 Å². The third-order valence-corrected chi connectivity index (χ3v) is 2.80. The predicted octanol–water partition coefficient (Wildman–Crippen LogP) is 1.95. The molecule has 0 saturated carbocycles. The van der Waals surface area contributed by atoms with Gasteiger partial charge in [-0.3, -0.25) is 0 Å². The highest BCUT2D eigenvalue weighted by molar-refractivity contribution is 7.14. The van der Waals surface area contributed by atoms with E-state index in [-0.39, 0.29) is 5.54 Å². The minimum absolute atomic E-state index is 0.249. The highest BCUT2D eigenvalue weighted by Crippen LogP contribution is 2.30. The van der Waals surface area contributed by atoms with Crippen molar-refractivity contribution >= 4 is 11.3 Å². The lowest BCUT2D eigenvalue weighted by Crippen LogP contribution is -2.27. The van der Waals surface area contributed by atoms with Crippen molar-refractivity contribution in [3.63, 3.8) is 0 Å². The van der Waals surface area contributed by atoms with Crippen molar-refractivity contribution in [1.29, 1.82) is 0 Å². The van der Waals surface area contributed by atoms with Gasteiger partial charge in [0.2, 0.25) is 0 Å². The van der Waals surface area contributed by atoms with E-state index in [0.29, 0.717) is 0 Å². The fraction of sp³-hybridized carbons (Fsp3) is 0.500. The zero-order valence-corrected chi connectivity index (χ0v) is 7.87. The topological polar surface area (TPSA) is 35.2 Å². The van der Waals surface area contributed by atoms with Crippen LogP contribution < -0.4 is 10.5 Å². The molecular formula is C8H13NOS. The zero-order valence-electron chi connectivity index (χ0n) is 7.05. The lowest BCUT2D eigenvalue weighted by atomic mass is 10.1. The van der Waals surface area contributed by atoms with Crippen LogP contribution in [0.3, 0.4) is 0 Å². The van der Waals surface area contributed by atoms with Crippen LogP contribution in [0.1, 0.15) is 18.7 Å². The Labute approximate surface area is 71.0 Å². The second kappa shape index (κ2) is 2.83. The first kappa shape index (κ1) is 8.56. The van der Waals surface area contributed by atoms with Gasteiger partial charge in [0.1, 0.15) is 0 Å². The standard InChI is InChI=1S/C8H13NOS/c1-8(2,9)6-4-5-7(10-3)11-6/h4-5H,9H2,1-3H3. The molecule has 1 aromatic rings. The van der Waals surface area contributed by atoms with Gasteiger partial charge >= 0.3 is 0 Å². The van der Waals surface area contributed by atoms with Crippen molar-refractivity contribution in [1.82, 2.24) is 0 Å². The van der Waals surface area contributed by atoms with E-state index in [1.54, 1.807) is 18.4 Å². The largest absolute Gasteiger partial charge is 0.487 e. The average molecular weight is 171 g/mol. The van der Waals surface area contributed by atoms with Crippen LogP contribution in [-0.2, 0) is 5.54 Å². The number of hydrogen-bond acceptors (Lipinski definition) is 3. The Balaban J connectivity index is 2.89. The maximum Gasteiger partial charge on any atom is 0.173 e. The summed E-state index contributed by atoms with van der Waals surface area (Å²) >= 11 is 1.59. The van der Waals surface area contributed by atoms with Gasteiger partial charge in [-0.2, -0.15) is 0 Å². The Hall–Kier alpha value is -0.540. The Kier molecular flexibility index (Phi) is 2.20. The van der Waals surface area contributed by atoms with Gasteiger partial charge in [0.15, 0.2) is 5.06 Å². The molecule has 0 aliphatic rings. The van der Waals surface area contributed by atoms with Crippen LogP contribution in [0.5, 0.6) is 5.06 Å². The average Bonchev–Trinajstić information content (AvgIpc) is 2.32. The number of methoxy groups -OCH3 is 1. The molecule has 3 heteroatoms. The molecule has 1 rings (SSSR count). The molecular weight excluding hydrogens is 158 g/mol. The number of rotatable bonds is 2. The Morgan fingerprint density at radius 3 is 2.36 bits per heavy atom. The predicted molar refractivity (Wildman–Crippen MR) is 48.1 cm³/mol. The molecule has 0 amide bonds. The molecule has 0 saturated heterocycles. The normalized spacial score (nSPS) is 11.6. The fourth-order valence-corrected chi connectivity index (χ4v) is 1.61. The number of nitrogens with two attached hydrogens (primary N) is 1. The van der Waals surface area contributed by atoms with Gasteiger partial charge in [-0.15, -0.1) is 11.3 Å². The van der Waals surface area contributed by atoms with Gasteiger partial charge in [0.25, 0.3) is 0 Å². The summed E-state index contributed by atoms with van der Waals surface area (Å²) in [6, 6.07) is 3.94. The molecule has 2 N–H and O–H groups in total. The number of hydrogen-bond donors (Lipinski definition) is 1. The minimum atomic E-state index is -0.249. The van der Waals surface area contributed by atoms with Crippen LogP contribution in [0.15, 0.2) is 12.1 Å². The molecule has 0 unspecified atom stereocenters. The van der Waals surface area contributed by atoms with Gasteiger partial charge in [-0.1, -0.05) is 0 Å². The van der Waals surface area contributed by atoms with Gasteiger partial charge in [-0.25, -0.2) is 0 Å². The van der Waals surface area contributed by atoms with E-state index < -0.39 is 0 Å². The van der Waals surface area contributed by atoms with Crippen molar-refractivity contribution in [2.75, 3.05) is 7.11 Å². The summed E-state index contributed by atoms with van der Waals surface area (Å²) in [4.78, 5) is 1.15. The summed E-state index contributed by atoms with van der Waals surface area (Å²) in [7, 11) is 1.67. The van der Waals surface area contributed by atoms with Crippen LogP contribution in [-0.4, -0.2) is 7.11 Å². The SMILES string of the molecule is COc1ccc(C(C)(C)N)s1. The van der Waals surface area contributed by atoms with E-state index in [4.69, 9.17) is 10.5 Å². The van der Waals surface area contributed by atoms with Crippen molar-refractivity contribution in [3.8, 4) is 5.06 Å². The monoisotopic (exact) mass is 171 g/mol. The van der Waals surface area contributed by atoms with Gasteiger partial charge in [0.05, 0.1) is 7.11 Å². The van der Waals surface area contributed by atoms with E-state index >= 15 is 0 Å². The number of ether oxygens (including phenoxy) is 1. The summed E-state index contributed by atoms with van der Waals surface area (Å²) < 4.78 is 5.05. The first-order chi connectivity index (χ1) is 5.04. The zero-order chi connectivity index (χ0) is 8.48. The van der Waals surface area contributed by atoms with Crippen molar-refractivity contribution in [2.24, 2.45) is 5.73 Å². The minimum Gasteiger partial charge on any atom is -0.487 e.